The highest BCUT2D eigenvalue weighted by atomic mass is 32.2. The number of sulfone groups is 1. The maximum Gasteiger partial charge on any atom is 0.229 e. The van der Waals surface area contributed by atoms with E-state index >= 15 is 0 Å². The third kappa shape index (κ3) is 4.49. The number of carbonyl (C=O) groups excluding carboxylic acids is 2. The van der Waals surface area contributed by atoms with Gasteiger partial charge in [-0.2, -0.15) is 0 Å². The molecule has 1 unspecified atom stereocenters. The first kappa shape index (κ1) is 14.3. The van der Waals surface area contributed by atoms with Crippen molar-refractivity contribution in [3.8, 4) is 0 Å². The fourth-order valence-electron chi connectivity index (χ4n) is 2.68. The largest absolute Gasteiger partial charge is 0.353 e. The van der Waals surface area contributed by atoms with E-state index in [1.807, 2.05) is 0 Å². The Kier molecular flexibility index (Phi) is 4.44. The average Bonchev–Trinajstić information content (AvgIpc) is 2.88. The SMILES string of the molecule is O=C(CC(=O)NC1CCS(=O)(=O)C1)NC1CCCC1. The molecule has 0 radical (unpaired) electrons. The van der Waals surface area contributed by atoms with Crippen LogP contribution in [0.4, 0.5) is 0 Å². The Morgan fingerprint density at radius 1 is 0.947 bits per heavy atom. The van der Waals surface area contributed by atoms with Crippen LogP contribution < -0.4 is 10.6 Å². The van der Waals surface area contributed by atoms with Gasteiger partial charge in [0.2, 0.25) is 11.8 Å². The fourth-order valence-corrected chi connectivity index (χ4v) is 4.36. The Morgan fingerprint density at radius 3 is 2.05 bits per heavy atom. The molecule has 1 aliphatic heterocycles. The van der Waals surface area contributed by atoms with Crippen LogP contribution in [0.15, 0.2) is 0 Å². The molecular formula is C12H20N2O4S. The van der Waals surface area contributed by atoms with Crippen molar-refractivity contribution in [3.63, 3.8) is 0 Å². The highest BCUT2D eigenvalue weighted by Crippen LogP contribution is 2.17. The monoisotopic (exact) mass is 288 g/mol. The van der Waals surface area contributed by atoms with Crippen LogP contribution in [0.25, 0.3) is 0 Å². The fraction of sp³-hybridized carbons (Fsp3) is 0.833. The summed E-state index contributed by atoms with van der Waals surface area (Å²) in [5.74, 6) is -0.558. The quantitative estimate of drug-likeness (QED) is 0.697. The van der Waals surface area contributed by atoms with E-state index in [1.165, 1.54) is 0 Å². The zero-order valence-electron chi connectivity index (χ0n) is 10.9. The molecule has 1 aliphatic carbocycles. The molecule has 2 N–H and O–H groups in total. The normalized spacial score (nSPS) is 26.2. The molecule has 6 nitrogen and oxygen atoms in total. The highest BCUT2D eigenvalue weighted by Gasteiger charge is 2.29. The van der Waals surface area contributed by atoms with Crippen LogP contribution in [0.3, 0.4) is 0 Å². The molecule has 2 rings (SSSR count). The van der Waals surface area contributed by atoms with Crippen LogP contribution in [0.1, 0.15) is 38.5 Å². The van der Waals surface area contributed by atoms with Crippen molar-refractivity contribution in [2.45, 2.75) is 50.6 Å². The summed E-state index contributed by atoms with van der Waals surface area (Å²) in [6, 6.07) is -0.135. The Bertz CT molecular complexity index is 454. The summed E-state index contributed by atoms with van der Waals surface area (Å²) in [5, 5.41) is 5.44. The molecule has 0 spiro atoms. The lowest BCUT2D eigenvalue weighted by Crippen LogP contribution is -2.40. The molecular weight excluding hydrogens is 268 g/mol. The first-order valence-corrected chi connectivity index (χ1v) is 8.56. The molecule has 19 heavy (non-hydrogen) atoms. The molecule has 0 aromatic heterocycles. The van der Waals surface area contributed by atoms with Crippen molar-refractivity contribution < 1.29 is 18.0 Å². The lowest BCUT2D eigenvalue weighted by molar-refractivity contribution is -0.129. The molecule has 1 saturated carbocycles. The van der Waals surface area contributed by atoms with Gasteiger partial charge in [0.05, 0.1) is 11.5 Å². The van der Waals surface area contributed by atoms with Crippen LogP contribution >= 0.6 is 0 Å². The number of amides is 2. The molecule has 1 atom stereocenters. The molecule has 0 aromatic rings. The standard InChI is InChI=1S/C12H20N2O4S/c15-11(13-9-3-1-2-4-9)7-12(16)14-10-5-6-19(17,18)8-10/h9-10H,1-8H2,(H,13,15)(H,14,16). The van der Waals surface area contributed by atoms with Crippen molar-refractivity contribution in [1.29, 1.82) is 0 Å². The third-order valence-corrected chi connectivity index (χ3v) is 5.41. The summed E-state index contributed by atoms with van der Waals surface area (Å²) in [4.78, 5) is 23.2. The second kappa shape index (κ2) is 5.90. The lowest BCUT2D eigenvalue weighted by Gasteiger charge is -2.13. The molecule has 1 saturated heterocycles. The van der Waals surface area contributed by atoms with Gasteiger partial charge in [-0.3, -0.25) is 9.59 Å². The summed E-state index contributed by atoms with van der Waals surface area (Å²) in [7, 11) is -3.00. The summed E-state index contributed by atoms with van der Waals surface area (Å²) in [6.07, 6.45) is 4.43. The predicted octanol–water partition coefficient (Wildman–Crippen LogP) is -0.261. The zero-order chi connectivity index (χ0) is 13.9. The van der Waals surface area contributed by atoms with E-state index in [2.05, 4.69) is 10.6 Å². The van der Waals surface area contributed by atoms with E-state index in [4.69, 9.17) is 0 Å². The van der Waals surface area contributed by atoms with Crippen molar-refractivity contribution >= 4 is 21.7 Å². The molecule has 108 valence electrons. The van der Waals surface area contributed by atoms with E-state index in [9.17, 15) is 18.0 Å². The lowest BCUT2D eigenvalue weighted by atomic mass is 10.2. The smallest absolute Gasteiger partial charge is 0.229 e. The minimum Gasteiger partial charge on any atom is -0.353 e. The predicted molar refractivity (Wildman–Crippen MR) is 70.2 cm³/mol. The third-order valence-electron chi connectivity index (χ3n) is 3.64. The first-order chi connectivity index (χ1) is 8.94. The Labute approximate surface area is 113 Å². The van der Waals surface area contributed by atoms with E-state index in [-0.39, 0.29) is 35.9 Å². The molecule has 0 bridgehead atoms. The average molecular weight is 288 g/mol. The number of hydrogen-bond acceptors (Lipinski definition) is 4. The molecule has 2 amide bonds. The summed E-state index contributed by atoms with van der Waals surface area (Å²) in [5.41, 5.74) is 0. The molecule has 7 heteroatoms. The number of carbonyl (C=O) groups is 2. The summed E-state index contributed by atoms with van der Waals surface area (Å²) < 4.78 is 22.5. The van der Waals surface area contributed by atoms with E-state index in [1.54, 1.807) is 0 Å². The molecule has 2 aliphatic rings. The molecule has 1 heterocycles. The van der Waals surface area contributed by atoms with Gasteiger partial charge in [-0.15, -0.1) is 0 Å². The van der Waals surface area contributed by atoms with Gasteiger partial charge in [-0.1, -0.05) is 12.8 Å². The Morgan fingerprint density at radius 2 is 1.53 bits per heavy atom. The first-order valence-electron chi connectivity index (χ1n) is 6.74. The van der Waals surface area contributed by atoms with Gasteiger partial charge in [0, 0.05) is 12.1 Å². The zero-order valence-corrected chi connectivity index (χ0v) is 11.7. The minimum atomic E-state index is -3.00. The topological polar surface area (TPSA) is 92.3 Å². The number of nitrogens with one attached hydrogen (secondary N) is 2. The minimum absolute atomic E-state index is 0.0109. The Hall–Kier alpha value is -1.11. The van der Waals surface area contributed by atoms with Gasteiger partial charge < -0.3 is 10.6 Å². The molecule has 0 aromatic carbocycles. The second-order valence-electron chi connectivity index (χ2n) is 5.39. The van der Waals surface area contributed by atoms with Crippen LogP contribution in [-0.2, 0) is 19.4 Å². The van der Waals surface area contributed by atoms with Gasteiger partial charge in [-0.25, -0.2) is 8.42 Å². The van der Waals surface area contributed by atoms with Crippen molar-refractivity contribution in [2.75, 3.05) is 11.5 Å². The second-order valence-corrected chi connectivity index (χ2v) is 7.62. The van der Waals surface area contributed by atoms with Crippen LogP contribution in [0.5, 0.6) is 0 Å². The van der Waals surface area contributed by atoms with E-state index < -0.39 is 15.7 Å². The van der Waals surface area contributed by atoms with Gasteiger partial charge >= 0.3 is 0 Å². The summed E-state index contributed by atoms with van der Waals surface area (Å²) >= 11 is 0. The van der Waals surface area contributed by atoms with E-state index in [0.29, 0.717) is 6.42 Å². The van der Waals surface area contributed by atoms with Gasteiger partial charge in [0.15, 0.2) is 9.84 Å². The van der Waals surface area contributed by atoms with E-state index in [0.717, 1.165) is 25.7 Å². The maximum atomic E-state index is 11.6. The van der Waals surface area contributed by atoms with Crippen LogP contribution in [0, 0.1) is 0 Å². The van der Waals surface area contributed by atoms with Crippen LogP contribution in [0.2, 0.25) is 0 Å². The summed E-state index contributed by atoms with van der Waals surface area (Å²) in [6.45, 7) is 0. The van der Waals surface area contributed by atoms with Crippen molar-refractivity contribution in [1.82, 2.24) is 10.6 Å². The number of hydrogen-bond donors (Lipinski definition) is 2. The Balaban J connectivity index is 1.70. The van der Waals surface area contributed by atoms with Crippen molar-refractivity contribution in [3.05, 3.63) is 0 Å². The molecule has 2 fully saturated rings. The van der Waals surface area contributed by atoms with Gasteiger partial charge in [-0.05, 0) is 19.3 Å². The van der Waals surface area contributed by atoms with Crippen molar-refractivity contribution in [2.24, 2.45) is 0 Å². The highest BCUT2D eigenvalue weighted by molar-refractivity contribution is 7.91. The number of rotatable bonds is 4. The maximum absolute atomic E-state index is 11.6. The van der Waals surface area contributed by atoms with Gasteiger partial charge in [0.25, 0.3) is 0 Å². The van der Waals surface area contributed by atoms with Crippen LogP contribution in [-0.4, -0.2) is 43.8 Å². The van der Waals surface area contributed by atoms with Gasteiger partial charge in [0.1, 0.15) is 6.42 Å².